The summed E-state index contributed by atoms with van der Waals surface area (Å²) in [5.74, 6) is 0.705. The van der Waals surface area contributed by atoms with Gasteiger partial charge in [0.1, 0.15) is 10.8 Å². The largest absolute Gasteiger partial charge is 0.437 e. The number of hydrogen-bond donors (Lipinski definition) is 2. The van der Waals surface area contributed by atoms with Crippen LogP contribution in [0.5, 0.6) is 11.6 Å². The molecule has 0 saturated carbocycles. The molecule has 0 aliphatic carbocycles. The third-order valence-corrected chi connectivity index (χ3v) is 2.86. The van der Waals surface area contributed by atoms with Crippen molar-refractivity contribution in [3.05, 3.63) is 41.0 Å². The summed E-state index contributed by atoms with van der Waals surface area (Å²) in [7, 11) is 0. The average molecular weight is 307 g/mol. The molecule has 1 amide bonds. The summed E-state index contributed by atoms with van der Waals surface area (Å²) in [6.07, 6.45) is 2.43. The fourth-order valence-electron chi connectivity index (χ4n) is 1.54. The van der Waals surface area contributed by atoms with Crippen molar-refractivity contribution in [2.75, 3.05) is 11.9 Å². The molecule has 0 spiro atoms. The number of primary amides is 1. The summed E-state index contributed by atoms with van der Waals surface area (Å²) >= 11 is 6.01. The van der Waals surface area contributed by atoms with E-state index in [-0.39, 0.29) is 5.88 Å². The molecule has 0 aliphatic rings. The van der Waals surface area contributed by atoms with E-state index in [4.69, 9.17) is 22.1 Å². The first-order chi connectivity index (χ1) is 10.1. The molecule has 3 N–H and O–H groups in total. The third kappa shape index (κ3) is 4.06. The van der Waals surface area contributed by atoms with Gasteiger partial charge < -0.3 is 15.8 Å². The van der Waals surface area contributed by atoms with Gasteiger partial charge >= 0.3 is 0 Å². The zero-order chi connectivity index (χ0) is 15.2. The van der Waals surface area contributed by atoms with Crippen molar-refractivity contribution in [2.24, 2.45) is 5.73 Å². The number of amides is 1. The SMILES string of the molecule is CCCNc1ncc(Cl)c(Oc2ccc(C(N)=O)cc2)n1. The highest BCUT2D eigenvalue weighted by molar-refractivity contribution is 6.31. The van der Waals surface area contributed by atoms with Crippen LogP contribution in [-0.2, 0) is 0 Å². The van der Waals surface area contributed by atoms with Crippen LogP contribution in [0.2, 0.25) is 5.02 Å². The predicted molar refractivity (Wildman–Crippen MR) is 80.9 cm³/mol. The molecule has 0 fully saturated rings. The number of nitrogens with two attached hydrogens (primary N) is 1. The second-order valence-corrected chi connectivity index (χ2v) is 4.67. The number of aromatic nitrogens is 2. The first-order valence-electron chi connectivity index (χ1n) is 6.44. The lowest BCUT2D eigenvalue weighted by Gasteiger charge is -2.09. The number of halogens is 1. The van der Waals surface area contributed by atoms with Crippen LogP contribution in [0.1, 0.15) is 23.7 Å². The molecule has 21 heavy (non-hydrogen) atoms. The summed E-state index contributed by atoms with van der Waals surface area (Å²) in [6.45, 7) is 2.80. The van der Waals surface area contributed by atoms with Gasteiger partial charge in [-0.05, 0) is 30.7 Å². The van der Waals surface area contributed by atoms with Crippen LogP contribution in [0.25, 0.3) is 0 Å². The number of nitrogens with zero attached hydrogens (tertiary/aromatic N) is 2. The lowest BCUT2D eigenvalue weighted by Crippen LogP contribution is -2.10. The highest BCUT2D eigenvalue weighted by atomic mass is 35.5. The Morgan fingerprint density at radius 2 is 2.10 bits per heavy atom. The number of anilines is 1. The molecule has 0 unspecified atom stereocenters. The molecule has 2 aromatic rings. The molecule has 0 aliphatic heterocycles. The summed E-state index contributed by atoms with van der Waals surface area (Å²) in [5, 5.41) is 3.35. The Kier molecular flexibility index (Phi) is 4.94. The standard InChI is InChI=1S/C14H15ClN4O2/c1-2-7-17-14-18-8-11(15)13(19-14)21-10-5-3-9(4-6-10)12(16)20/h3-6,8H,2,7H2,1H3,(H2,16,20)(H,17,18,19). The Bertz CT molecular complexity index is 631. The van der Waals surface area contributed by atoms with Gasteiger partial charge in [-0.3, -0.25) is 4.79 Å². The van der Waals surface area contributed by atoms with Crippen molar-refractivity contribution in [1.29, 1.82) is 0 Å². The van der Waals surface area contributed by atoms with Gasteiger partial charge in [0.25, 0.3) is 0 Å². The molecule has 7 heteroatoms. The van der Waals surface area contributed by atoms with E-state index in [2.05, 4.69) is 15.3 Å². The maximum absolute atomic E-state index is 11.0. The molecule has 110 valence electrons. The van der Waals surface area contributed by atoms with E-state index >= 15 is 0 Å². The second kappa shape index (κ2) is 6.90. The highest BCUT2D eigenvalue weighted by Gasteiger charge is 2.08. The van der Waals surface area contributed by atoms with E-state index in [1.165, 1.54) is 6.20 Å². The van der Waals surface area contributed by atoms with Gasteiger partial charge in [-0.2, -0.15) is 4.98 Å². The van der Waals surface area contributed by atoms with Crippen LogP contribution in [0.4, 0.5) is 5.95 Å². The van der Waals surface area contributed by atoms with E-state index in [0.717, 1.165) is 13.0 Å². The Labute approximate surface area is 127 Å². The molecule has 0 saturated heterocycles. The van der Waals surface area contributed by atoms with Crippen LogP contribution in [0, 0.1) is 0 Å². The molecule has 2 rings (SSSR count). The van der Waals surface area contributed by atoms with Crippen molar-refractivity contribution in [3.8, 4) is 11.6 Å². The van der Waals surface area contributed by atoms with Crippen molar-refractivity contribution in [1.82, 2.24) is 9.97 Å². The van der Waals surface area contributed by atoms with Gasteiger partial charge in [-0.1, -0.05) is 18.5 Å². The van der Waals surface area contributed by atoms with E-state index in [1.807, 2.05) is 6.92 Å². The lowest BCUT2D eigenvalue weighted by molar-refractivity contribution is 0.100. The number of carbonyl (C=O) groups is 1. The topological polar surface area (TPSA) is 90.1 Å². The van der Waals surface area contributed by atoms with E-state index in [0.29, 0.717) is 22.3 Å². The molecule has 6 nitrogen and oxygen atoms in total. The number of rotatable bonds is 6. The monoisotopic (exact) mass is 306 g/mol. The van der Waals surface area contributed by atoms with Gasteiger partial charge in [0, 0.05) is 12.1 Å². The maximum atomic E-state index is 11.0. The Morgan fingerprint density at radius 3 is 2.71 bits per heavy atom. The van der Waals surface area contributed by atoms with Crippen molar-refractivity contribution < 1.29 is 9.53 Å². The summed E-state index contributed by atoms with van der Waals surface area (Å²) in [6, 6.07) is 6.39. The normalized spacial score (nSPS) is 10.2. The summed E-state index contributed by atoms with van der Waals surface area (Å²) in [4.78, 5) is 19.3. The Morgan fingerprint density at radius 1 is 1.38 bits per heavy atom. The minimum atomic E-state index is -0.493. The predicted octanol–water partition coefficient (Wildman–Crippen LogP) is 2.84. The van der Waals surface area contributed by atoms with E-state index in [1.54, 1.807) is 24.3 Å². The maximum Gasteiger partial charge on any atom is 0.248 e. The molecule has 1 aromatic carbocycles. The first-order valence-corrected chi connectivity index (χ1v) is 6.82. The lowest BCUT2D eigenvalue weighted by atomic mass is 10.2. The minimum Gasteiger partial charge on any atom is -0.437 e. The van der Waals surface area contributed by atoms with Gasteiger partial charge in [-0.25, -0.2) is 4.98 Å². The van der Waals surface area contributed by atoms with E-state index < -0.39 is 5.91 Å². The zero-order valence-electron chi connectivity index (χ0n) is 11.5. The van der Waals surface area contributed by atoms with Gasteiger partial charge in [0.2, 0.25) is 17.7 Å². The number of nitrogens with one attached hydrogen (secondary N) is 1. The third-order valence-electron chi connectivity index (χ3n) is 2.60. The second-order valence-electron chi connectivity index (χ2n) is 4.26. The van der Waals surface area contributed by atoms with Crippen LogP contribution < -0.4 is 15.8 Å². The van der Waals surface area contributed by atoms with Crippen molar-refractivity contribution >= 4 is 23.5 Å². The Balaban J connectivity index is 2.16. The number of benzene rings is 1. The molecular weight excluding hydrogens is 292 g/mol. The molecule has 0 atom stereocenters. The quantitative estimate of drug-likeness (QED) is 0.856. The van der Waals surface area contributed by atoms with Crippen LogP contribution in [0.3, 0.4) is 0 Å². The smallest absolute Gasteiger partial charge is 0.248 e. The van der Waals surface area contributed by atoms with Gasteiger partial charge in [0.15, 0.2) is 0 Å². The zero-order valence-corrected chi connectivity index (χ0v) is 12.2. The minimum absolute atomic E-state index is 0.247. The number of ether oxygens (including phenoxy) is 1. The van der Waals surface area contributed by atoms with E-state index in [9.17, 15) is 4.79 Å². The van der Waals surface area contributed by atoms with Gasteiger partial charge in [0.05, 0.1) is 6.20 Å². The first kappa shape index (κ1) is 15.1. The molecule has 1 aromatic heterocycles. The molecule has 0 bridgehead atoms. The molecular formula is C14H15ClN4O2. The van der Waals surface area contributed by atoms with Crippen molar-refractivity contribution in [3.63, 3.8) is 0 Å². The fourth-order valence-corrected chi connectivity index (χ4v) is 1.67. The molecule has 1 heterocycles. The van der Waals surface area contributed by atoms with Gasteiger partial charge in [-0.15, -0.1) is 0 Å². The van der Waals surface area contributed by atoms with Crippen LogP contribution >= 0.6 is 11.6 Å². The number of hydrogen-bond acceptors (Lipinski definition) is 5. The summed E-state index contributed by atoms with van der Waals surface area (Å²) < 4.78 is 5.59. The average Bonchev–Trinajstić information content (AvgIpc) is 2.48. The van der Waals surface area contributed by atoms with Crippen LogP contribution in [0.15, 0.2) is 30.5 Å². The molecule has 0 radical (unpaired) electrons. The highest BCUT2D eigenvalue weighted by Crippen LogP contribution is 2.27. The Hall–Kier alpha value is -2.34. The summed E-state index contributed by atoms with van der Waals surface area (Å²) in [5.41, 5.74) is 5.58. The number of carbonyl (C=O) groups excluding carboxylic acids is 1. The van der Waals surface area contributed by atoms with Crippen LogP contribution in [-0.4, -0.2) is 22.4 Å². The fraction of sp³-hybridized carbons (Fsp3) is 0.214. The van der Waals surface area contributed by atoms with Crippen molar-refractivity contribution in [2.45, 2.75) is 13.3 Å².